The molecular formula is C22H18F3N5O. The van der Waals surface area contributed by atoms with E-state index in [9.17, 15) is 13.2 Å². The number of hydrogen-bond acceptors (Lipinski definition) is 5. The van der Waals surface area contributed by atoms with Crippen LogP contribution in [0.25, 0.3) is 16.8 Å². The molecule has 0 saturated heterocycles. The maximum absolute atomic E-state index is 14.5. The smallest absolute Gasteiger partial charge is 0.208 e. The fourth-order valence-corrected chi connectivity index (χ4v) is 3.84. The summed E-state index contributed by atoms with van der Waals surface area (Å²) >= 11 is 0. The highest BCUT2D eigenvalue weighted by Crippen LogP contribution is 2.31. The third-order valence-electron chi connectivity index (χ3n) is 5.29. The molecule has 0 spiro atoms. The fraction of sp³-hybridized carbons (Fsp3) is 0.182. The molecule has 0 aliphatic carbocycles. The Labute approximate surface area is 175 Å². The van der Waals surface area contributed by atoms with E-state index in [1.807, 2.05) is 0 Å². The van der Waals surface area contributed by atoms with Crippen molar-refractivity contribution < 1.29 is 17.9 Å². The molecule has 1 aliphatic rings. The van der Waals surface area contributed by atoms with E-state index in [4.69, 9.17) is 10.5 Å². The highest BCUT2D eigenvalue weighted by Gasteiger charge is 2.20. The number of nitrogens with one attached hydrogen (secondary N) is 1. The van der Waals surface area contributed by atoms with Crippen molar-refractivity contribution in [2.45, 2.75) is 19.5 Å². The standard InChI is InChI=1S/C22H18F3N5O/c23-13-5-12(6-14(24)7-13)17-9-27-22(30-11-15(8-26)29-21(17)30)28-10-18-16-3-4-31-20(16)2-1-19(18)25/h1-2,5-7,9,11H,3-4,8,10,26H2,(H,27,28). The first-order valence-corrected chi connectivity index (χ1v) is 9.74. The molecule has 0 unspecified atom stereocenters. The molecule has 9 heteroatoms. The van der Waals surface area contributed by atoms with Crippen molar-refractivity contribution in [3.8, 4) is 16.9 Å². The van der Waals surface area contributed by atoms with Gasteiger partial charge in [0.05, 0.1) is 12.3 Å². The Morgan fingerprint density at radius 3 is 2.71 bits per heavy atom. The Kier molecular flexibility index (Phi) is 4.74. The first-order valence-electron chi connectivity index (χ1n) is 9.74. The number of imidazole rings is 1. The fourth-order valence-electron chi connectivity index (χ4n) is 3.84. The van der Waals surface area contributed by atoms with Gasteiger partial charge in [-0.1, -0.05) is 0 Å². The average molecular weight is 425 g/mol. The Balaban J connectivity index is 1.55. The van der Waals surface area contributed by atoms with Gasteiger partial charge in [0.1, 0.15) is 28.8 Å². The molecule has 2 aromatic heterocycles. The van der Waals surface area contributed by atoms with Gasteiger partial charge in [-0.3, -0.25) is 4.40 Å². The van der Waals surface area contributed by atoms with Gasteiger partial charge in [-0.05, 0) is 29.8 Å². The van der Waals surface area contributed by atoms with Crippen molar-refractivity contribution in [1.29, 1.82) is 0 Å². The Bertz CT molecular complexity index is 1280. The molecule has 4 aromatic rings. The minimum Gasteiger partial charge on any atom is -0.493 e. The lowest BCUT2D eigenvalue weighted by Gasteiger charge is -2.13. The predicted octanol–water partition coefficient (Wildman–Crippen LogP) is 3.82. The van der Waals surface area contributed by atoms with Crippen LogP contribution in [0.3, 0.4) is 0 Å². The molecule has 3 heterocycles. The molecule has 1 aliphatic heterocycles. The van der Waals surface area contributed by atoms with Gasteiger partial charge in [0, 0.05) is 54.7 Å². The number of hydrogen-bond donors (Lipinski definition) is 2. The average Bonchev–Trinajstić information content (AvgIpc) is 3.39. The first kappa shape index (κ1) is 19.4. The monoisotopic (exact) mass is 425 g/mol. The van der Waals surface area contributed by atoms with Gasteiger partial charge in [0.15, 0.2) is 0 Å². The summed E-state index contributed by atoms with van der Waals surface area (Å²) in [7, 11) is 0. The van der Waals surface area contributed by atoms with Crippen LogP contribution < -0.4 is 15.8 Å². The molecule has 158 valence electrons. The lowest BCUT2D eigenvalue weighted by Crippen LogP contribution is -2.09. The van der Waals surface area contributed by atoms with Crippen LogP contribution in [0.2, 0.25) is 0 Å². The Morgan fingerprint density at radius 1 is 1.13 bits per heavy atom. The van der Waals surface area contributed by atoms with Crippen molar-refractivity contribution in [2.24, 2.45) is 5.73 Å². The number of benzene rings is 2. The number of fused-ring (bicyclic) bond motifs is 2. The van der Waals surface area contributed by atoms with Crippen molar-refractivity contribution >= 4 is 11.6 Å². The maximum atomic E-state index is 14.5. The zero-order valence-corrected chi connectivity index (χ0v) is 16.3. The van der Waals surface area contributed by atoms with E-state index in [0.717, 1.165) is 11.6 Å². The third kappa shape index (κ3) is 3.46. The molecule has 0 fully saturated rings. The summed E-state index contributed by atoms with van der Waals surface area (Å²) in [6.45, 7) is 0.884. The molecule has 5 rings (SSSR count). The second kappa shape index (κ2) is 7.59. The highest BCUT2D eigenvalue weighted by atomic mass is 19.1. The lowest BCUT2D eigenvalue weighted by molar-refractivity contribution is 0.356. The summed E-state index contributed by atoms with van der Waals surface area (Å²) in [4.78, 5) is 8.88. The van der Waals surface area contributed by atoms with Crippen LogP contribution in [-0.4, -0.2) is 21.0 Å². The van der Waals surface area contributed by atoms with Crippen molar-refractivity contribution in [1.82, 2.24) is 14.4 Å². The summed E-state index contributed by atoms with van der Waals surface area (Å²) in [6, 6.07) is 6.25. The summed E-state index contributed by atoms with van der Waals surface area (Å²) in [5.74, 6) is -0.632. The zero-order valence-electron chi connectivity index (χ0n) is 16.3. The van der Waals surface area contributed by atoms with Gasteiger partial charge in [0.25, 0.3) is 0 Å². The minimum absolute atomic E-state index is 0.177. The molecule has 0 saturated carbocycles. The molecular weight excluding hydrogens is 407 g/mol. The van der Waals surface area contributed by atoms with Gasteiger partial charge in [-0.15, -0.1) is 0 Å². The SMILES string of the molecule is NCc1cn2c(NCc3c(F)ccc4c3CCO4)ncc(-c3cc(F)cc(F)c3)c2n1. The maximum Gasteiger partial charge on any atom is 0.208 e. The number of aromatic nitrogens is 3. The van der Waals surface area contributed by atoms with Crippen LogP contribution in [0.15, 0.2) is 42.7 Å². The normalized spacial score (nSPS) is 12.8. The molecule has 0 atom stereocenters. The van der Waals surface area contributed by atoms with Crippen LogP contribution in [0.5, 0.6) is 5.75 Å². The zero-order chi connectivity index (χ0) is 21.5. The van der Waals surface area contributed by atoms with Gasteiger partial charge >= 0.3 is 0 Å². The topological polar surface area (TPSA) is 77.5 Å². The second-order valence-electron chi connectivity index (χ2n) is 7.24. The quantitative estimate of drug-likeness (QED) is 0.508. The number of nitrogens with two attached hydrogens (primary N) is 1. The van der Waals surface area contributed by atoms with Crippen LogP contribution in [0, 0.1) is 17.5 Å². The summed E-state index contributed by atoms with van der Waals surface area (Å²) in [5.41, 5.74) is 8.86. The van der Waals surface area contributed by atoms with E-state index >= 15 is 0 Å². The predicted molar refractivity (Wildman–Crippen MR) is 109 cm³/mol. The largest absolute Gasteiger partial charge is 0.493 e. The Hall–Kier alpha value is -3.59. The highest BCUT2D eigenvalue weighted by molar-refractivity contribution is 5.78. The molecule has 0 amide bonds. The number of anilines is 1. The van der Waals surface area contributed by atoms with Crippen LogP contribution in [0.1, 0.15) is 16.8 Å². The number of halogens is 3. The van der Waals surface area contributed by atoms with Crippen molar-refractivity contribution in [2.75, 3.05) is 11.9 Å². The van der Waals surface area contributed by atoms with E-state index in [0.29, 0.717) is 52.8 Å². The molecule has 0 bridgehead atoms. The minimum atomic E-state index is -0.698. The van der Waals surface area contributed by atoms with Gasteiger partial charge < -0.3 is 15.8 Å². The van der Waals surface area contributed by atoms with E-state index < -0.39 is 11.6 Å². The second-order valence-corrected chi connectivity index (χ2v) is 7.24. The van der Waals surface area contributed by atoms with Crippen LogP contribution >= 0.6 is 0 Å². The van der Waals surface area contributed by atoms with Gasteiger partial charge in [-0.25, -0.2) is 23.1 Å². The van der Waals surface area contributed by atoms with E-state index in [1.165, 1.54) is 24.4 Å². The molecule has 2 aromatic carbocycles. The van der Waals surface area contributed by atoms with Crippen molar-refractivity contribution in [3.63, 3.8) is 0 Å². The van der Waals surface area contributed by atoms with E-state index in [1.54, 1.807) is 16.7 Å². The van der Waals surface area contributed by atoms with Crippen LogP contribution in [0.4, 0.5) is 19.1 Å². The lowest BCUT2D eigenvalue weighted by atomic mass is 10.0. The molecule has 0 radical (unpaired) electrons. The summed E-state index contributed by atoms with van der Waals surface area (Å²) in [6.07, 6.45) is 3.81. The summed E-state index contributed by atoms with van der Waals surface area (Å²) in [5, 5.41) is 3.14. The van der Waals surface area contributed by atoms with E-state index in [-0.39, 0.29) is 18.9 Å². The van der Waals surface area contributed by atoms with E-state index in [2.05, 4.69) is 15.3 Å². The molecule has 6 nitrogen and oxygen atoms in total. The number of rotatable bonds is 5. The first-order chi connectivity index (χ1) is 15.0. The van der Waals surface area contributed by atoms with Gasteiger partial charge in [0.2, 0.25) is 5.95 Å². The van der Waals surface area contributed by atoms with Gasteiger partial charge in [-0.2, -0.15) is 0 Å². The third-order valence-corrected chi connectivity index (χ3v) is 5.29. The summed E-state index contributed by atoms with van der Waals surface area (Å²) < 4.78 is 49.1. The molecule has 3 N–H and O–H groups in total. The Morgan fingerprint density at radius 2 is 1.94 bits per heavy atom. The number of ether oxygens (including phenoxy) is 1. The molecule has 31 heavy (non-hydrogen) atoms. The van der Waals surface area contributed by atoms with Crippen molar-refractivity contribution in [3.05, 3.63) is 77.0 Å². The van der Waals surface area contributed by atoms with Crippen LogP contribution in [-0.2, 0) is 19.5 Å². The number of nitrogens with zero attached hydrogens (tertiary/aromatic N) is 3.